The van der Waals surface area contributed by atoms with Gasteiger partial charge in [-0.05, 0) is 60.2 Å². The van der Waals surface area contributed by atoms with E-state index in [2.05, 4.69) is 46.7 Å². The molecule has 2 aliphatic rings. The molecule has 38 heavy (non-hydrogen) atoms. The lowest BCUT2D eigenvalue weighted by Crippen LogP contribution is -2.23. The Balaban J connectivity index is 1.09. The van der Waals surface area contributed by atoms with Crippen LogP contribution in [0.25, 0.3) is 27.6 Å². The summed E-state index contributed by atoms with van der Waals surface area (Å²) in [6, 6.07) is 7.34. The Hall–Kier alpha value is -3.93. The van der Waals surface area contributed by atoms with Gasteiger partial charge in [0, 0.05) is 42.0 Å². The normalized spacial score (nSPS) is 19.3. The van der Waals surface area contributed by atoms with Gasteiger partial charge in [-0.15, -0.1) is 0 Å². The van der Waals surface area contributed by atoms with Crippen molar-refractivity contribution in [1.82, 2.24) is 34.5 Å². The number of rotatable bonds is 6. The molecule has 0 radical (unpaired) electrons. The Labute approximate surface area is 224 Å². The second-order valence-corrected chi connectivity index (χ2v) is 10.7. The van der Waals surface area contributed by atoms with Crippen molar-refractivity contribution in [3.8, 4) is 5.69 Å². The van der Waals surface area contributed by atoms with Gasteiger partial charge < -0.3 is 10.6 Å². The van der Waals surface area contributed by atoms with Gasteiger partial charge in [-0.2, -0.15) is 15.2 Å². The summed E-state index contributed by atoms with van der Waals surface area (Å²) in [5, 5.41) is 16.6. The predicted molar refractivity (Wildman–Crippen MR) is 143 cm³/mol. The maximum Gasteiger partial charge on any atom is 0.227 e. The summed E-state index contributed by atoms with van der Waals surface area (Å²) < 4.78 is 18.9. The first-order chi connectivity index (χ1) is 18.5. The van der Waals surface area contributed by atoms with Crippen LogP contribution in [0.5, 0.6) is 0 Å². The lowest BCUT2D eigenvalue weighted by atomic mass is 10.1. The fraction of sp³-hybridized carbons (Fsp3) is 0.308. The van der Waals surface area contributed by atoms with Crippen LogP contribution in [-0.2, 0) is 4.79 Å². The first-order valence-electron chi connectivity index (χ1n) is 12.6. The zero-order valence-electron chi connectivity index (χ0n) is 20.2. The number of hydrogen-bond donors (Lipinski definition) is 2. The average molecular weight is 576 g/mol. The topological polar surface area (TPSA) is 115 Å². The summed E-state index contributed by atoms with van der Waals surface area (Å²) in [6.45, 7) is 0. The van der Waals surface area contributed by atoms with Crippen LogP contribution in [0.4, 0.5) is 16.0 Å². The number of carbonyl (C=O) groups is 1. The third-order valence-corrected chi connectivity index (χ3v) is 7.78. The fourth-order valence-corrected chi connectivity index (χ4v) is 5.53. The Bertz CT molecular complexity index is 1700. The third-order valence-electron chi connectivity index (χ3n) is 7.19. The van der Waals surface area contributed by atoms with E-state index in [1.54, 1.807) is 29.3 Å². The molecular formula is C26H23BrFN9O. The van der Waals surface area contributed by atoms with E-state index in [0.29, 0.717) is 50.6 Å². The summed E-state index contributed by atoms with van der Waals surface area (Å²) in [5.74, 6) is -0.0866. The molecule has 0 bridgehead atoms. The largest absolute Gasteiger partial charge is 0.351 e. The number of pyridine rings is 1. The van der Waals surface area contributed by atoms with Crippen molar-refractivity contribution in [3.63, 3.8) is 0 Å². The summed E-state index contributed by atoms with van der Waals surface area (Å²) in [4.78, 5) is 26.1. The number of benzene rings is 1. The van der Waals surface area contributed by atoms with E-state index in [-0.39, 0.29) is 17.9 Å². The highest BCUT2D eigenvalue weighted by atomic mass is 79.9. The van der Waals surface area contributed by atoms with Gasteiger partial charge in [-0.3, -0.25) is 14.5 Å². The molecular weight excluding hydrogens is 553 g/mol. The number of nitrogens with one attached hydrogen (secondary N) is 2. The second-order valence-electron chi connectivity index (χ2n) is 9.92. The highest BCUT2D eigenvalue weighted by molar-refractivity contribution is 9.10. The van der Waals surface area contributed by atoms with E-state index in [0.717, 1.165) is 31.4 Å². The van der Waals surface area contributed by atoms with E-state index in [1.165, 1.54) is 6.07 Å². The van der Waals surface area contributed by atoms with Crippen LogP contribution >= 0.6 is 15.9 Å². The van der Waals surface area contributed by atoms with Gasteiger partial charge in [0.1, 0.15) is 10.1 Å². The quantitative estimate of drug-likeness (QED) is 0.292. The molecule has 0 saturated heterocycles. The number of hydrogen-bond acceptors (Lipinski definition) is 7. The van der Waals surface area contributed by atoms with Gasteiger partial charge in [-0.1, -0.05) is 6.07 Å². The van der Waals surface area contributed by atoms with E-state index in [1.807, 2.05) is 23.0 Å². The van der Waals surface area contributed by atoms with E-state index in [4.69, 9.17) is 4.98 Å². The molecule has 2 fully saturated rings. The van der Waals surface area contributed by atoms with Crippen molar-refractivity contribution in [2.75, 3.05) is 10.6 Å². The number of carbonyl (C=O) groups excluding carboxylic acids is 1. The Kier molecular flexibility index (Phi) is 5.57. The molecule has 4 aromatic heterocycles. The Morgan fingerprint density at radius 2 is 2.03 bits per heavy atom. The van der Waals surface area contributed by atoms with Gasteiger partial charge in [-0.25, -0.2) is 14.1 Å². The lowest BCUT2D eigenvalue weighted by Gasteiger charge is -2.13. The summed E-state index contributed by atoms with van der Waals surface area (Å²) in [5.41, 5.74) is 2.12. The molecule has 10 nitrogen and oxygen atoms in total. The summed E-state index contributed by atoms with van der Waals surface area (Å²) in [7, 11) is 0. The van der Waals surface area contributed by atoms with Crippen molar-refractivity contribution in [1.29, 1.82) is 0 Å². The van der Waals surface area contributed by atoms with Crippen molar-refractivity contribution in [2.45, 2.75) is 44.2 Å². The number of aromatic nitrogens is 7. The van der Waals surface area contributed by atoms with Crippen LogP contribution in [0.1, 0.15) is 38.1 Å². The van der Waals surface area contributed by atoms with E-state index in [9.17, 15) is 9.18 Å². The van der Waals surface area contributed by atoms with Crippen molar-refractivity contribution >= 4 is 55.4 Å². The van der Waals surface area contributed by atoms with Crippen LogP contribution in [0, 0.1) is 11.7 Å². The van der Waals surface area contributed by atoms with Crippen LogP contribution in [0.3, 0.4) is 0 Å². The molecule has 2 N–H and O–H groups in total. The zero-order valence-corrected chi connectivity index (χ0v) is 21.8. The first kappa shape index (κ1) is 23.2. The average Bonchev–Trinajstić information content (AvgIpc) is 3.32. The zero-order chi connectivity index (χ0) is 25.8. The minimum Gasteiger partial charge on any atom is -0.351 e. The van der Waals surface area contributed by atoms with Crippen LogP contribution in [-0.4, -0.2) is 46.5 Å². The van der Waals surface area contributed by atoms with Gasteiger partial charge >= 0.3 is 0 Å². The molecule has 7 rings (SSSR count). The number of anilines is 2. The van der Waals surface area contributed by atoms with Crippen LogP contribution in [0.15, 0.2) is 53.7 Å². The van der Waals surface area contributed by atoms with Crippen LogP contribution in [0.2, 0.25) is 0 Å². The first-order valence-corrected chi connectivity index (χ1v) is 13.4. The maximum atomic E-state index is 14.8. The number of nitrogens with zero attached hydrogens (tertiary/aromatic N) is 7. The predicted octanol–water partition coefficient (Wildman–Crippen LogP) is 5.02. The monoisotopic (exact) mass is 575 g/mol. The van der Waals surface area contributed by atoms with Gasteiger partial charge in [0.25, 0.3) is 0 Å². The highest BCUT2D eigenvalue weighted by Gasteiger charge is 2.31. The molecule has 0 unspecified atom stereocenters. The van der Waals surface area contributed by atoms with Crippen molar-refractivity contribution < 1.29 is 9.18 Å². The van der Waals surface area contributed by atoms with Crippen LogP contribution < -0.4 is 10.6 Å². The Morgan fingerprint density at radius 1 is 1.13 bits per heavy atom. The third kappa shape index (κ3) is 4.28. The maximum absolute atomic E-state index is 14.8. The molecule has 0 spiro atoms. The number of halogens is 2. The Morgan fingerprint density at radius 3 is 2.89 bits per heavy atom. The lowest BCUT2D eigenvalue weighted by molar-refractivity contribution is -0.119. The second kappa shape index (κ2) is 9.12. The highest BCUT2D eigenvalue weighted by Crippen LogP contribution is 2.35. The molecule has 1 amide bonds. The van der Waals surface area contributed by atoms with E-state index >= 15 is 0 Å². The van der Waals surface area contributed by atoms with Gasteiger partial charge in [0.05, 0.1) is 29.0 Å². The van der Waals surface area contributed by atoms with Crippen molar-refractivity contribution in [3.05, 3.63) is 59.5 Å². The molecule has 2 atom stereocenters. The molecule has 12 heteroatoms. The van der Waals surface area contributed by atoms with Crippen molar-refractivity contribution in [2.24, 2.45) is 5.92 Å². The molecule has 0 aliphatic heterocycles. The molecule has 2 saturated carbocycles. The number of amides is 1. The standard InChI is InChI=1S/C26H23BrFN9O/c27-23-20-12-30-26(34-24(20)37(35-23)19-9-14-2-1-7-29-22(14)21(28)10-19)33-16-4-3-15(8-16)25(38)32-17-11-31-36(13-17)18-5-6-18/h1-2,7,9-13,15-16,18H,3-6,8H2,(H,32,38)(H,30,33,34)/t15-,16-/m1/s1. The number of fused-ring (bicyclic) bond motifs is 2. The minimum atomic E-state index is -0.430. The van der Waals surface area contributed by atoms with E-state index < -0.39 is 5.82 Å². The summed E-state index contributed by atoms with van der Waals surface area (Å²) in [6.07, 6.45) is 11.4. The van der Waals surface area contributed by atoms with Gasteiger partial charge in [0.2, 0.25) is 11.9 Å². The fourth-order valence-electron chi connectivity index (χ4n) is 5.09. The SMILES string of the molecule is O=C(Nc1cnn(C2CC2)c1)[C@@H]1CC[C@@H](Nc2ncc3c(Br)nn(-c4cc(F)c5ncccc5c4)c3n2)C1. The molecule has 4 heterocycles. The molecule has 2 aliphatic carbocycles. The molecule has 1 aromatic carbocycles. The smallest absolute Gasteiger partial charge is 0.227 e. The minimum absolute atomic E-state index is 0.0100. The van der Waals surface area contributed by atoms with Gasteiger partial charge in [0.15, 0.2) is 11.5 Å². The summed E-state index contributed by atoms with van der Waals surface area (Å²) >= 11 is 3.47. The molecule has 5 aromatic rings. The molecule has 192 valence electrons.